The molecule has 1 aromatic heterocycles. The van der Waals surface area contributed by atoms with Gasteiger partial charge in [-0.3, -0.25) is 5.10 Å². The molecule has 1 aromatic carbocycles. The fraction of sp³-hybridized carbons (Fsp3) is 0.467. The smallest absolute Gasteiger partial charge is 0.245 e. The van der Waals surface area contributed by atoms with Crippen LogP contribution in [0.1, 0.15) is 25.3 Å². The minimum atomic E-state index is 0.170. The molecule has 3 rings (SSSR count). The summed E-state index contributed by atoms with van der Waals surface area (Å²) in [5, 5.41) is 8.05. The van der Waals surface area contributed by atoms with Gasteiger partial charge in [-0.25, -0.2) is 0 Å². The highest BCUT2D eigenvalue weighted by Gasteiger charge is 2.28. The molecule has 1 saturated heterocycles. The van der Waals surface area contributed by atoms with Crippen molar-refractivity contribution < 1.29 is 0 Å². The Morgan fingerprint density at radius 2 is 2.24 bits per heavy atom. The molecule has 112 valence electrons. The highest BCUT2D eigenvalue weighted by atomic mass is 35.5. The van der Waals surface area contributed by atoms with E-state index in [1.54, 1.807) is 0 Å². The molecule has 0 amide bonds. The standard InChI is InChI=1S/C15H20ClN5/c1-9-5-3-6-11(13(9)16)14-18-15(20-19-14)21-8-4-7-12(17)10(21)2/h3,5-6,10,12H,4,7-8,17H2,1-2H3,(H,18,19,20). The molecule has 0 spiro atoms. The average Bonchev–Trinajstić information content (AvgIpc) is 2.94. The van der Waals surface area contributed by atoms with E-state index in [4.69, 9.17) is 17.3 Å². The van der Waals surface area contributed by atoms with Crippen LogP contribution in [0.2, 0.25) is 5.02 Å². The fourth-order valence-corrected chi connectivity index (χ4v) is 3.00. The summed E-state index contributed by atoms with van der Waals surface area (Å²) >= 11 is 6.35. The molecular weight excluding hydrogens is 286 g/mol. The minimum Gasteiger partial charge on any atom is -0.335 e. The Bertz CT molecular complexity index is 639. The van der Waals surface area contributed by atoms with Gasteiger partial charge in [-0.2, -0.15) is 4.98 Å². The summed E-state index contributed by atoms with van der Waals surface area (Å²) in [4.78, 5) is 6.77. The fourth-order valence-electron chi connectivity index (χ4n) is 2.79. The molecule has 3 N–H and O–H groups in total. The number of aromatic nitrogens is 3. The minimum absolute atomic E-state index is 0.170. The molecule has 0 radical (unpaired) electrons. The predicted octanol–water partition coefficient (Wildman–Crippen LogP) is 2.75. The number of aryl methyl sites for hydroxylation is 1. The number of benzene rings is 1. The number of piperidine rings is 1. The summed E-state index contributed by atoms with van der Waals surface area (Å²) in [5.74, 6) is 1.40. The Morgan fingerprint density at radius 3 is 3.05 bits per heavy atom. The van der Waals surface area contributed by atoms with Crippen LogP contribution < -0.4 is 10.6 Å². The second kappa shape index (κ2) is 5.66. The highest BCUT2D eigenvalue weighted by Crippen LogP contribution is 2.29. The molecule has 5 nitrogen and oxygen atoms in total. The molecular formula is C15H20ClN5. The molecule has 1 fully saturated rings. The predicted molar refractivity (Wildman–Crippen MR) is 85.6 cm³/mol. The maximum atomic E-state index is 6.35. The van der Waals surface area contributed by atoms with E-state index in [2.05, 4.69) is 27.0 Å². The molecule has 21 heavy (non-hydrogen) atoms. The lowest BCUT2D eigenvalue weighted by atomic mass is 9.99. The first-order valence-electron chi connectivity index (χ1n) is 7.28. The lowest BCUT2D eigenvalue weighted by Crippen LogP contribution is -2.50. The first-order valence-corrected chi connectivity index (χ1v) is 7.66. The van der Waals surface area contributed by atoms with Crippen LogP contribution >= 0.6 is 11.6 Å². The Hall–Kier alpha value is -1.59. The third-order valence-corrected chi connectivity index (χ3v) is 4.73. The number of nitrogens with zero attached hydrogens (tertiary/aromatic N) is 3. The van der Waals surface area contributed by atoms with Crippen molar-refractivity contribution in [1.82, 2.24) is 15.2 Å². The summed E-state index contributed by atoms with van der Waals surface area (Å²) in [6.07, 6.45) is 2.12. The largest absolute Gasteiger partial charge is 0.335 e. The van der Waals surface area contributed by atoms with Crippen molar-refractivity contribution in [2.45, 2.75) is 38.8 Å². The van der Waals surface area contributed by atoms with Crippen LogP contribution in [0.4, 0.5) is 5.95 Å². The van der Waals surface area contributed by atoms with E-state index in [1.165, 1.54) is 0 Å². The number of nitrogens with one attached hydrogen (secondary N) is 1. The van der Waals surface area contributed by atoms with Crippen LogP contribution in [0.25, 0.3) is 11.4 Å². The van der Waals surface area contributed by atoms with Crippen LogP contribution in [-0.2, 0) is 0 Å². The quantitative estimate of drug-likeness (QED) is 0.895. The Balaban J connectivity index is 1.91. The molecule has 1 aliphatic heterocycles. The summed E-state index contributed by atoms with van der Waals surface area (Å²) < 4.78 is 0. The number of hydrogen-bond donors (Lipinski definition) is 2. The lowest BCUT2D eigenvalue weighted by Gasteiger charge is -2.36. The molecule has 2 aromatic rings. The van der Waals surface area contributed by atoms with E-state index in [-0.39, 0.29) is 12.1 Å². The van der Waals surface area contributed by atoms with Gasteiger partial charge < -0.3 is 10.6 Å². The molecule has 2 heterocycles. The number of nitrogens with two attached hydrogens (primary N) is 1. The van der Waals surface area contributed by atoms with E-state index in [0.717, 1.165) is 30.5 Å². The van der Waals surface area contributed by atoms with Gasteiger partial charge in [0.1, 0.15) is 0 Å². The molecule has 0 aliphatic carbocycles. The van der Waals surface area contributed by atoms with Gasteiger partial charge in [0.2, 0.25) is 5.95 Å². The van der Waals surface area contributed by atoms with Crippen LogP contribution in [0, 0.1) is 6.92 Å². The normalized spacial score (nSPS) is 22.6. The summed E-state index contributed by atoms with van der Waals surface area (Å²) in [7, 11) is 0. The zero-order valence-electron chi connectivity index (χ0n) is 12.3. The Morgan fingerprint density at radius 1 is 1.43 bits per heavy atom. The van der Waals surface area contributed by atoms with Crippen LogP contribution in [0.15, 0.2) is 18.2 Å². The zero-order chi connectivity index (χ0) is 15.0. The topological polar surface area (TPSA) is 70.8 Å². The zero-order valence-corrected chi connectivity index (χ0v) is 13.1. The summed E-state index contributed by atoms with van der Waals surface area (Å²) in [5.41, 5.74) is 8.05. The monoisotopic (exact) mass is 305 g/mol. The van der Waals surface area contributed by atoms with Crippen molar-refractivity contribution in [3.8, 4) is 11.4 Å². The van der Waals surface area contributed by atoms with E-state index in [9.17, 15) is 0 Å². The average molecular weight is 306 g/mol. The number of halogens is 1. The van der Waals surface area contributed by atoms with Gasteiger partial charge in [0.15, 0.2) is 5.82 Å². The first kappa shape index (κ1) is 14.4. The highest BCUT2D eigenvalue weighted by molar-refractivity contribution is 6.33. The van der Waals surface area contributed by atoms with E-state index >= 15 is 0 Å². The second-order valence-corrected chi connectivity index (χ2v) is 6.04. The number of rotatable bonds is 2. The summed E-state index contributed by atoms with van der Waals surface area (Å²) in [6, 6.07) is 6.32. The number of H-pyrrole nitrogens is 1. The molecule has 1 aliphatic rings. The van der Waals surface area contributed by atoms with Crippen LogP contribution in [0.3, 0.4) is 0 Å². The molecule has 2 atom stereocenters. The van der Waals surface area contributed by atoms with Gasteiger partial charge in [-0.05, 0) is 38.3 Å². The van der Waals surface area contributed by atoms with Crippen LogP contribution in [0.5, 0.6) is 0 Å². The third-order valence-electron chi connectivity index (χ3n) is 4.23. The van der Waals surface area contributed by atoms with Gasteiger partial charge in [-0.15, -0.1) is 5.10 Å². The SMILES string of the molecule is Cc1cccc(-c2nc(N3CCCC(N)C3C)n[nH]2)c1Cl. The van der Waals surface area contributed by atoms with E-state index < -0.39 is 0 Å². The van der Waals surface area contributed by atoms with Gasteiger partial charge in [0, 0.05) is 24.2 Å². The Kier molecular flexibility index (Phi) is 3.87. The van der Waals surface area contributed by atoms with Gasteiger partial charge in [0.05, 0.1) is 5.02 Å². The molecule has 0 bridgehead atoms. The van der Waals surface area contributed by atoms with E-state index in [0.29, 0.717) is 16.8 Å². The molecule has 0 saturated carbocycles. The second-order valence-electron chi connectivity index (χ2n) is 5.66. The maximum absolute atomic E-state index is 6.35. The Labute approximate surface area is 129 Å². The number of aromatic amines is 1. The van der Waals surface area contributed by atoms with Gasteiger partial charge in [-0.1, -0.05) is 23.7 Å². The van der Waals surface area contributed by atoms with Gasteiger partial charge in [0.25, 0.3) is 0 Å². The summed E-state index contributed by atoms with van der Waals surface area (Å²) in [6.45, 7) is 5.04. The van der Waals surface area contributed by atoms with Crippen molar-refractivity contribution in [3.63, 3.8) is 0 Å². The van der Waals surface area contributed by atoms with Crippen molar-refractivity contribution in [3.05, 3.63) is 28.8 Å². The lowest BCUT2D eigenvalue weighted by molar-refractivity contribution is 0.416. The van der Waals surface area contributed by atoms with Crippen molar-refractivity contribution >= 4 is 17.5 Å². The van der Waals surface area contributed by atoms with Crippen molar-refractivity contribution in [2.75, 3.05) is 11.4 Å². The van der Waals surface area contributed by atoms with Crippen molar-refractivity contribution in [1.29, 1.82) is 0 Å². The first-order chi connectivity index (χ1) is 10.1. The van der Waals surface area contributed by atoms with Crippen molar-refractivity contribution in [2.24, 2.45) is 5.73 Å². The molecule has 6 heteroatoms. The molecule has 2 unspecified atom stereocenters. The van der Waals surface area contributed by atoms with Crippen LogP contribution in [-0.4, -0.2) is 33.8 Å². The number of anilines is 1. The van der Waals surface area contributed by atoms with E-state index in [1.807, 2.05) is 25.1 Å². The number of hydrogen-bond acceptors (Lipinski definition) is 4. The maximum Gasteiger partial charge on any atom is 0.245 e. The van der Waals surface area contributed by atoms with Gasteiger partial charge >= 0.3 is 0 Å². The third kappa shape index (κ3) is 2.63.